The van der Waals surface area contributed by atoms with Crippen LogP contribution in [0.5, 0.6) is 0 Å². The highest BCUT2D eigenvalue weighted by Gasteiger charge is 2.46. The third-order valence-electron chi connectivity index (χ3n) is 4.27. The van der Waals surface area contributed by atoms with Gasteiger partial charge in [0.2, 0.25) is 0 Å². The minimum atomic E-state index is -3.44. The van der Waals surface area contributed by atoms with Gasteiger partial charge in [0.25, 0.3) is 0 Å². The predicted molar refractivity (Wildman–Crippen MR) is 78.0 cm³/mol. The largest absolute Gasteiger partial charge is 0.337 e. The van der Waals surface area contributed by atoms with Crippen LogP contribution in [-0.2, 0) is 23.8 Å². The van der Waals surface area contributed by atoms with Gasteiger partial charge in [-0.3, -0.25) is 9.36 Å². The van der Waals surface area contributed by atoms with Crippen molar-refractivity contribution in [2.45, 2.75) is 31.1 Å². The maximum Gasteiger partial charge on any atom is 0.337 e. The lowest BCUT2D eigenvalue weighted by Gasteiger charge is -2.29. The topological polar surface area (TPSA) is 52.6 Å². The Morgan fingerprint density at radius 1 is 1.24 bits per heavy atom. The molecule has 0 bridgehead atoms. The lowest BCUT2D eigenvalue weighted by atomic mass is 9.75. The molecule has 6 heteroatoms. The zero-order chi connectivity index (χ0) is 15.5. The summed E-state index contributed by atoms with van der Waals surface area (Å²) >= 11 is 0. The summed E-state index contributed by atoms with van der Waals surface area (Å²) in [4.78, 5) is 12.8. The predicted octanol–water partition coefficient (Wildman–Crippen LogP) is 3.69. The van der Waals surface area contributed by atoms with Crippen molar-refractivity contribution >= 4 is 13.4 Å². The molecule has 0 spiro atoms. The molecular weight excluding hydrogens is 294 g/mol. The highest BCUT2D eigenvalue weighted by Crippen LogP contribution is 2.51. The molecule has 1 fully saturated rings. The van der Waals surface area contributed by atoms with Crippen molar-refractivity contribution < 1.29 is 22.8 Å². The van der Waals surface area contributed by atoms with E-state index in [1.54, 1.807) is 18.2 Å². The van der Waals surface area contributed by atoms with Gasteiger partial charge in [0.15, 0.2) is 5.78 Å². The van der Waals surface area contributed by atoms with Crippen LogP contribution in [0, 0.1) is 5.82 Å². The molecule has 2 rings (SSSR count). The number of hydrogen-bond acceptors (Lipinski definition) is 4. The van der Waals surface area contributed by atoms with Crippen molar-refractivity contribution in [1.82, 2.24) is 0 Å². The Hall–Kier alpha value is -1.03. The van der Waals surface area contributed by atoms with E-state index in [-0.39, 0.29) is 11.9 Å². The van der Waals surface area contributed by atoms with E-state index >= 15 is 0 Å². The zero-order valence-corrected chi connectivity index (χ0v) is 13.2. The van der Waals surface area contributed by atoms with Gasteiger partial charge in [-0.2, -0.15) is 0 Å². The SMILES string of the molecule is COP(=O)(CC(=O)C1(c2ccccc2F)CCCC1)OC. The average Bonchev–Trinajstić information content (AvgIpc) is 2.98. The molecule has 0 aromatic heterocycles. The Morgan fingerprint density at radius 3 is 2.33 bits per heavy atom. The monoisotopic (exact) mass is 314 g/mol. The minimum absolute atomic E-state index is 0.267. The number of benzene rings is 1. The standard InChI is InChI=1S/C15H20FO4P/c1-19-21(18,20-2)11-14(17)15(9-5-6-10-15)12-7-3-4-8-13(12)16/h3-4,7-8H,5-6,9-11H2,1-2H3. The first-order valence-electron chi connectivity index (χ1n) is 6.96. The summed E-state index contributed by atoms with van der Waals surface area (Å²) in [7, 11) is -0.936. The highest BCUT2D eigenvalue weighted by molar-refractivity contribution is 7.54. The van der Waals surface area contributed by atoms with Crippen molar-refractivity contribution in [2.75, 3.05) is 20.4 Å². The number of Topliss-reactive ketones (excluding diaryl/α,β-unsaturated/α-hetero) is 1. The molecule has 4 nitrogen and oxygen atoms in total. The number of halogens is 1. The van der Waals surface area contributed by atoms with E-state index in [2.05, 4.69) is 0 Å². The number of ketones is 1. The second-order valence-electron chi connectivity index (χ2n) is 5.33. The first kappa shape index (κ1) is 16.3. The van der Waals surface area contributed by atoms with Gasteiger partial charge in [0, 0.05) is 19.8 Å². The molecule has 21 heavy (non-hydrogen) atoms. The van der Waals surface area contributed by atoms with Crippen LogP contribution in [0.2, 0.25) is 0 Å². The minimum Gasteiger partial charge on any atom is -0.312 e. The van der Waals surface area contributed by atoms with Crippen molar-refractivity contribution in [3.05, 3.63) is 35.6 Å². The molecule has 0 radical (unpaired) electrons. The van der Waals surface area contributed by atoms with E-state index in [4.69, 9.17) is 9.05 Å². The molecule has 1 aliphatic carbocycles. The van der Waals surface area contributed by atoms with Crippen molar-refractivity contribution in [3.8, 4) is 0 Å². The van der Waals surface area contributed by atoms with E-state index in [0.29, 0.717) is 18.4 Å². The average molecular weight is 314 g/mol. The van der Waals surface area contributed by atoms with Gasteiger partial charge in [-0.15, -0.1) is 0 Å². The summed E-state index contributed by atoms with van der Waals surface area (Å²) in [5, 5.41) is 0. The van der Waals surface area contributed by atoms with Gasteiger partial charge in [-0.05, 0) is 18.9 Å². The Labute approximate surface area is 124 Å². The van der Waals surface area contributed by atoms with Crippen LogP contribution in [0.3, 0.4) is 0 Å². The zero-order valence-electron chi connectivity index (χ0n) is 12.3. The fourth-order valence-electron chi connectivity index (χ4n) is 3.06. The number of hydrogen-bond donors (Lipinski definition) is 0. The van der Waals surface area contributed by atoms with Crippen LogP contribution in [0.25, 0.3) is 0 Å². The summed E-state index contributed by atoms with van der Waals surface area (Å²) < 4.78 is 36.1. The van der Waals surface area contributed by atoms with Crippen molar-refractivity contribution in [2.24, 2.45) is 0 Å². The van der Waals surface area contributed by atoms with E-state index in [9.17, 15) is 13.8 Å². The number of rotatable bonds is 6. The summed E-state index contributed by atoms with van der Waals surface area (Å²) in [6.45, 7) is 0. The van der Waals surface area contributed by atoms with E-state index in [1.165, 1.54) is 20.3 Å². The van der Waals surface area contributed by atoms with Crippen LogP contribution in [-0.4, -0.2) is 26.2 Å². The van der Waals surface area contributed by atoms with E-state index < -0.39 is 18.8 Å². The maximum atomic E-state index is 14.2. The molecule has 0 atom stereocenters. The molecular formula is C15H20FO4P. The fraction of sp³-hybridized carbons (Fsp3) is 0.533. The molecule has 1 saturated carbocycles. The summed E-state index contributed by atoms with van der Waals surface area (Å²) in [6.07, 6.45) is 2.52. The lowest BCUT2D eigenvalue weighted by Crippen LogP contribution is -2.36. The fourth-order valence-corrected chi connectivity index (χ4v) is 4.12. The molecule has 116 valence electrons. The smallest absolute Gasteiger partial charge is 0.312 e. The number of carbonyl (C=O) groups is 1. The van der Waals surface area contributed by atoms with Crippen LogP contribution in [0.1, 0.15) is 31.2 Å². The van der Waals surface area contributed by atoms with E-state index in [0.717, 1.165) is 12.8 Å². The van der Waals surface area contributed by atoms with Gasteiger partial charge < -0.3 is 9.05 Å². The Morgan fingerprint density at radius 2 is 1.81 bits per heavy atom. The van der Waals surface area contributed by atoms with Crippen molar-refractivity contribution in [1.29, 1.82) is 0 Å². The molecule has 0 unspecified atom stereocenters. The van der Waals surface area contributed by atoms with Gasteiger partial charge in [-0.1, -0.05) is 31.0 Å². The van der Waals surface area contributed by atoms with E-state index in [1.807, 2.05) is 0 Å². The molecule has 0 aliphatic heterocycles. The highest BCUT2D eigenvalue weighted by atomic mass is 31.2. The summed E-state index contributed by atoms with van der Waals surface area (Å²) in [5.41, 5.74) is -0.510. The lowest BCUT2D eigenvalue weighted by molar-refractivity contribution is -0.122. The maximum absolute atomic E-state index is 14.2. The third-order valence-corrected chi connectivity index (χ3v) is 6.06. The van der Waals surface area contributed by atoms with Crippen molar-refractivity contribution in [3.63, 3.8) is 0 Å². The Kier molecular flexibility index (Phi) is 4.97. The van der Waals surface area contributed by atoms with Gasteiger partial charge >= 0.3 is 7.60 Å². The van der Waals surface area contributed by atoms with Gasteiger partial charge in [0.1, 0.15) is 12.0 Å². The van der Waals surface area contributed by atoms with Crippen LogP contribution >= 0.6 is 7.60 Å². The summed E-state index contributed by atoms with van der Waals surface area (Å²) in [6, 6.07) is 6.32. The molecule has 0 amide bonds. The second kappa shape index (κ2) is 6.39. The van der Waals surface area contributed by atoms with Crippen LogP contribution < -0.4 is 0 Å². The van der Waals surface area contributed by atoms with Crippen LogP contribution in [0.15, 0.2) is 24.3 Å². The molecule has 1 aromatic carbocycles. The molecule has 0 saturated heterocycles. The third kappa shape index (κ3) is 3.10. The molecule has 0 heterocycles. The van der Waals surface area contributed by atoms with Gasteiger partial charge in [-0.25, -0.2) is 4.39 Å². The normalized spacial score (nSPS) is 17.9. The second-order valence-corrected chi connectivity index (χ2v) is 7.59. The van der Waals surface area contributed by atoms with Gasteiger partial charge in [0.05, 0.1) is 5.41 Å². The Bertz CT molecular complexity index is 559. The first-order chi connectivity index (χ1) is 9.97. The first-order valence-corrected chi connectivity index (χ1v) is 8.69. The molecule has 1 aliphatic rings. The number of carbonyl (C=O) groups excluding carboxylic acids is 1. The molecule has 1 aromatic rings. The molecule has 0 N–H and O–H groups in total. The Balaban J connectivity index is 2.38. The van der Waals surface area contributed by atoms with Crippen LogP contribution in [0.4, 0.5) is 4.39 Å². The quantitative estimate of drug-likeness (QED) is 0.751. The summed E-state index contributed by atoms with van der Waals surface area (Å²) in [5.74, 6) is -0.658.